The van der Waals surface area contributed by atoms with Crippen molar-refractivity contribution in [3.05, 3.63) is 101 Å². The first-order valence-electron chi connectivity index (χ1n) is 13.1. The van der Waals surface area contributed by atoms with E-state index in [2.05, 4.69) is 24.4 Å². The molecule has 0 radical (unpaired) electrons. The van der Waals surface area contributed by atoms with Crippen LogP contribution in [0.25, 0.3) is 16.9 Å². The van der Waals surface area contributed by atoms with Crippen molar-refractivity contribution in [2.45, 2.75) is 38.5 Å². The average Bonchev–Trinajstić information content (AvgIpc) is 3.27. The van der Waals surface area contributed by atoms with Crippen LogP contribution in [0.3, 0.4) is 0 Å². The van der Waals surface area contributed by atoms with Gasteiger partial charge in [-0.3, -0.25) is 14.5 Å². The first-order chi connectivity index (χ1) is 18.9. The van der Waals surface area contributed by atoms with Gasteiger partial charge in [-0.05, 0) is 55.7 Å². The lowest BCUT2D eigenvalue weighted by atomic mass is 9.97. The largest absolute Gasteiger partial charge is 0.352 e. The van der Waals surface area contributed by atoms with Crippen molar-refractivity contribution in [1.82, 2.24) is 15.1 Å². The molecule has 39 heavy (non-hydrogen) atoms. The number of aromatic nitrogens is 2. The molecular weight excluding hydrogens is 511 g/mol. The number of thioether (sulfide) groups is 1. The predicted octanol–water partition coefficient (Wildman–Crippen LogP) is 6.07. The van der Waals surface area contributed by atoms with E-state index in [1.165, 1.54) is 23.9 Å². The average molecular weight is 543 g/mol. The SMILES string of the molecule is CC[C@@H](C)NC(=O)CN1C(=O)CS[C@@H](c2ccccc2C)c2c(-c3ccccc3)nn(-c3ccc(F)cc3)c21. The number of fused-ring (bicyclic) bond motifs is 1. The fraction of sp³-hybridized carbons (Fsp3) is 0.258. The summed E-state index contributed by atoms with van der Waals surface area (Å²) in [6.07, 6.45) is 0.780. The number of hydrogen-bond acceptors (Lipinski definition) is 4. The van der Waals surface area contributed by atoms with Crippen LogP contribution in [-0.2, 0) is 9.59 Å². The molecule has 200 valence electrons. The number of anilines is 1. The number of halogens is 1. The maximum atomic E-state index is 13.9. The molecule has 0 unspecified atom stereocenters. The molecule has 5 rings (SSSR count). The number of benzene rings is 3. The van der Waals surface area contributed by atoms with Crippen LogP contribution >= 0.6 is 11.8 Å². The Hall–Kier alpha value is -3.91. The zero-order chi connectivity index (χ0) is 27.5. The molecule has 3 aromatic carbocycles. The smallest absolute Gasteiger partial charge is 0.240 e. The molecule has 2 atom stereocenters. The van der Waals surface area contributed by atoms with E-state index in [1.54, 1.807) is 21.7 Å². The Morgan fingerprint density at radius 2 is 1.77 bits per heavy atom. The van der Waals surface area contributed by atoms with Crippen LogP contribution in [0.5, 0.6) is 0 Å². The molecule has 1 aliphatic rings. The molecule has 1 aromatic heterocycles. The van der Waals surface area contributed by atoms with E-state index in [0.29, 0.717) is 11.5 Å². The van der Waals surface area contributed by atoms with Gasteiger partial charge in [0.1, 0.15) is 18.2 Å². The van der Waals surface area contributed by atoms with E-state index in [9.17, 15) is 14.0 Å². The Morgan fingerprint density at radius 3 is 2.46 bits per heavy atom. The summed E-state index contributed by atoms with van der Waals surface area (Å²) in [5.41, 5.74) is 5.26. The van der Waals surface area contributed by atoms with Crippen molar-refractivity contribution < 1.29 is 14.0 Å². The number of carbonyl (C=O) groups is 2. The van der Waals surface area contributed by atoms with Crippen LogP contribution in [0.4, 0.5) is 10.2 Å². The first kappa shape index (κ1) is 26.7. The van der Waals surface area contributed by atoms with E-state index in [1.807, 2.05) is 56.3 Å². The second-order valence-corrected chi connectivity index (χ2v) is 10.8. The predicted molar refractivity (Wildman–Crippen MR) is 155 cm³/mol. The summed E-state index contributed by atoms with van der Waals surface area (Å²) in [6, 6.07) is 24.0. The van der Waals surface area contributed by atoms with Crippen LogP contribution in [0.15, 0.2) is 78.9 Å². The van der Waals surface area contributed by atoms with Crippen LogP contribution < -0.4 is 10.2 Å². The molecule has 1 N–H and O–H groups in total. The van der Waals surface area contributed by atoms with E-state index in [4.69, 9.17) is 5.10 Å². The van der Waals surface area contributed by atoms with Gasteiger partial charge in [-0.2, -0.15) is 5.10 Å². The highest BCUT2D eigenvalue weighted by atomic mass is 32.2. The van der Waals surface area contributed by atoms with Crippen molar-refractivity contribution in [1.29, 1.82) is 0 Å². The number of aryl methyl sites for hydroxylation is 1. The Morgan fingerprint density at radius 1 is 1.08 bits per heavy atom. The lowest BCUT2D eigenvalue weighted by Crippen LogP contribution is -2.44. The molecule has 6 nitrogen and oxygen atoms in total. The molecule has 2 amide bonds. The van der Waals surface area contributed by atoms with Gasteiger partial charge in [0.05, 0.1) is 22.4 Å². The van der Waals surface area contributed by atoms with Gasteiger partial charge in [-0.1, -0.05) is 61.5 Å². The van der Waals surface area contributed by atoms with E-state index in [-0.39, 0.29) is 41.2 Å². The summed E-state index contributed by atoms with van der Waals surface area (Å²) in [7, 11) is 0. The molecule has 0 saturated heterocycles. The molecule has 2 heterocycles. The lowest BCUT2D eigenvalue weighted by Gasteiger charge is -2.24. The van der Waals surface area contributed by atoms with Crippen LogP contribution in [0.1, 0.15) is 42.2 Å². The number of carbonyl (C=O) groups excluding carboxylic acids is 2. The first-order valence-corrected chi connectivity index (χ1v) is 14.1. The van der Waals surface area contributed by atoms with Gasteiger partial charge in [0.15, 0.2) is 0 Å². The zero-order valence-corrected chi connectivity index (χ0v) is 23.0. The molecule has 0 bridgehead atoms. The minimum absolute atomic E-state index is 0.0185. The van der Waals surface area contributed by atoms with Crippen LogP contribution in [-0.4, -0.2) is 39.9 Å². The van der Waals surface area contributed by atoms with E-state index in [0.717, 1.165) is 34.4 Å². The third-order valence-electron chi connectivity index (χ3n) is 7.00. The Bertz CT molecular complexity index is 1490. The summed E-state index contributed by atoms with van der Waals surface area (Å²) in [5, 5.41) is 7.81. The molecule has 8 heteroatoms. The highest BCUT2D eigenvalue weighted by Crippen LogP contribution is 2.49. The van der Waals surface area contributed by atoms with Crippen LogP contribution in [0, 0.1) is 12.7 Å². The zero-order valence-electron chi connectivity index (χ0n) is 22.2. The molecule has 4 aromatic rings. The van der Waals surface area contributed by atoms with Gasteiger partial charge in [-0.15, -0.1) is 11.8 Å². The number of rotatable bonds is 7. The minimum Gasteiger partial charge on any atom is -0.352 e. The van der Waals surface area contributed by atoms with E-state index < -0.39 is 0 Å². The fourth-order valence-corrected chi connectivity index (χ4v) is 6.08. The Labute approximate surface area is 232 Å². The molecular formula is C31H31FN4O2S. The van der Waals surface area contributed by atoms with Gasteiger partial charge in [0.25, 0.3) is 0 Å². The summed E-state index contributed by atoms with van der Waals surface area (Å²) in [5.74, 6) is -0.0600. The summed E-state index contributed by atoms with van der Waals surface area (Å²) >= 11 is 1.53. The highest BCUT2D eigenvalue weighted by molar-refractivity contribution is 8.00. The second-order valence-electron chi connectivity index (χ2n) is 9.74. The summed E-state index contributed by atoms with van der Waals surface area (Å²) in [4.78, 5) is 28.4. The standard InChI is InChI=1S/C31H31FN4O2S/c1-4-21(3)33-26(37)18-35-27(38)19-39-30(25-13-9-8-10-20(25)2)28-29(22-11-6-5-7-12-22)34-36(31(28)35)24-16-14-23(32)15-17-24/h5-17,21,30H,4,18-19H2,1-3H3,(H,33,37)/t21-,30+/m1/s1. The third kappa shape index (κ3) is 5.47. The van der Waals surface area contributed by atoms with E-state index >= 15 is 0 Å². The van der Waals surface area contributed by atoms with Gasteiger partial charge < -0.3 is 5.32 Å². The number of amides is 2. The maximum absolute atomic E-state index is 13.9. The fourth-order valence-electron chi connectivity index (χ4n) is 4.78. The molecule has 1 aliphatic heterocycles. The Kier molecular flexibility index (Phi) is 7.84. The number of nitrogens with zero attached hydrogens (tertiary/aromatic N) is 3. The van der Waals surface area contributed by atoms with Gasteiger partial charge in [0, 0.05) is 17.2 Å². The normalized spacial score (nSPS) is 15.9. The Balaban J connectivity index is 1.78. The van der Waals surface area contributed by atoms with Crippen molar-refractivity contribution in [3.8, 4) is 16.9 Å². The maximum Gasteiger partial charge on any atom is 0.240 e. The lowest BCUT2D eigenvalue weighted by molar-refractivity contribution is -0.123. The second kappa shape index (κ2) is 11.5. The number of nitrogens with one attached hydrogen (secondary N) is 1. The van der Waals surface area contributed by atoms with Gasteiger partial charge in [0.2, 0.25) is 11.8 Å². The topological polar surface area (TPSA) is 67.2 Å². The third-order valence-corrected chi connectivity index (χ3v) is 8.24. The molecule has 0 aliphatic carbocycles. The van der Waals surface area contributed by atoms with Crippen LogP contribution in [0.2, 0.25) is 0 Å². The van der Waals surface area contributed by atoms with Crippen molar-refractivity contribution >= 4 is 29.4 Å². The van der Waals surface area contributed by atoms with Gasteiger partial charge >= 0.3 is 0 Å². The monoisotopic (exact) mass is 542 g/mol. The molecule has 0 spiro atoms. The quantitative estimate of drug-likeness (QED) is 0.308. The molecule has 0 fully saturated rings. The van der Waals surface area contributed by atoms with Gasteiger partial charge in [-0.25, -0.2) is 9.07 Å². The van der Waals surface area contributed by atoms with Crippen molar-refractivity contribution in [2.75, 3.05) is 17.2 Å². The highest BCUT2D eigenvalue weighted by Gasteiger charge is 2.38. The summed E-state index contributed by atoms with van der Waals surface area (Å²) in [6.45, 7) is 5.86. The van der Waals surface area contributed by atoms with Crippen molar-refractivity contribution in [3.63, 3.8) is 0 Å². The number of hydrogen-bond donors (Lipinski definition) is 1. The molecule has 0 saturated carbocycles. The summed E-state index contributed by atoms with van der Waals surface area (Å²) < 4.78 is 15.6. The minimum atomic E-state index is -0.366. The van der Waals surface area contributed by atoms with Crippen molar-refractivity contribution in [2.24, 2.45) is 0 Å².